The van der Waals surface area contributed by atoms with Crippen molar-refractivity contribution in [3.8, 4) is 0 Å². The van der Waals surface area contributed by atoms with Crippen molar-refractivity contribution in [1.29, 1.82) is 0 Å². The topological polar surface area (TPSA) is 95.5 Å². The molecule has 0 atom stereocenters. The van der Waals surface area contributed by atoms with E-state index in [9.17, 15) is 26.4 Å². The Balaban J connectivity index is 1.83. The van der Waals surface area contributed by atoms with Crippen molar-refractivity contribution in [3.63, 3.8) is 0 Å². The SMILES string of the molecule is CN(C)C(=O)c1ccc(Nc2ncc(C(F)(F)F)c(CCc3cccc(N(C)S(C)(=O)=O)c3)n2)cc1. The van der Waals surface area contributed by atoms with Crippen LogP contribution in [-0.2, 0) is 29.0 Å². The highest BCUT2D eigenvalue weighted by atomic mass is 32.2. The number of carbonyl (C=O) groups is 1. The zero-order valence-corrected chi connectivity index (χ0v) is 21.0. The van der Waals surface area contributed by atoms with Gasteiger partial charge in [-0.2, -0.15) is 13.2 Å². The minimum atomic E-state index is -4.64. The highest BCUT2D eigenvalue weighted by Gasteiger charge is 2.34. The Morgan fingerprint density at radius 3 is 2.28 bits per heavy atom. The Hall–Kier alpha value is -3.67. The van der Waals surface area contributed by atoms with E-state index in [-0.39, 0.29) is 30.4 Å². The van der Waals surface area contributed by atoms with E-state index in [1.807, 2.05) is 0 Å². The summed E-state index contributed by atoms with van der Waals surface area (Å²) in [5.41, 5.74) is 0.902. The first-order chi connectivity index (χ1) is 16.8. The number of nitrogens with one attached hydrogen (secondary N) is 1. The molecule has 192 valence electrons. The van der Waals surface area contributed by atoms with Crippen molar-refractivity contribution in [1.82, 2.24) is 14.9 Å². The lowest BCUT2D eigenvalue weighted by molar-refractivity contribution is -0.138. The summed E-state index contributed by atoms with van der Waals surface area (Å²) in [6.07, 6.45) is -2.68. The van der Waals surface area contributed by atoms with Crippen LogP contribution in [0.2, 0.25) is 0 Å². The van der Waals surface area contributed by atoms with E-state index in [0.29, 0.717) is 22.5 Å². The molecule has 0 aliphatic heterocycles. The van der Waals surface area contributed by atoms with Crippen LogP contribution >= 0.6 is 0 Å². The van der Waals surface area contributed by atoms with Crippen LogP contribution < -0.4 is 9.62 Å². The molecule has 0 fully saturated rings. The summed E-state index contributed by atoms with van der Waals surface area (Å²) in [7, 11) is 1.19. The van der Waals surface area contributed by atoms with E-state index >= 15 is 0 Å². The second kappa shape index (κ2) is 10.5. The Labute approximate surface area is 207 Å². The smallest absolute Gasteiger partial charge is 0.345 e. The lowest BCUT2D eigenvalue weighted by Crippen LogP contribution is -2.24. The molecule has 0 aliphatic carbocycles. The first kappa shape index (κ1) is 26.9. The van der Waals surface area contributed by atoms with Gasteiger partial charge in [0, 0.05) is 38.6 Å². The van der Waals surface area contributed by atoms with E-state index in [0.717, 1.165) is 16.8 Å². The van der Waals surface area contributed by atoms with Crippen LogP contribution in [0.5, 0.6) is 0 Å². The van der Waals surface area contributed by atoms with Gasteiger partial charge in [-0.05, 0) is 54.8 Å². The molecule has 1 amide bonds. The summed E-state index contributed by atoms with van der Waals surface area (Å²) in [5.74, 6) is -0.198. The molecule has 0 unspecified atom stereocenters. The van der Waals surface area contributed by atoms with Gasteiger partial charge in [0.15, 0.2) is 0 Å². The first-order valence-electron chi connectivity index (χ1n) is 10.8. The van der Waals surface area contributed by atoms with Gasteiger partial charge < -0.3 is 10.2 Å². The number of amides is 1. The fourth-order valence-electron chi connectivity index (χ4n) is 3.35. The third-order valence-corrected chi connectivity index (χ3v) is 6.60. The largest absolute Gasteiger partial charge is 0.419 e. The van der Waals surface area contributed by atoms with Crippen LogP contribution in [-0.4, -0.2) is 56.6 Å². The highest BCUT2D eigenvalue weighted by Crippen LogP contribution is 2.32. The van der Waals surface area contributed by atoms with Crippen LogP contribution in [0, 0.1) is 0 Å². The second-order valence-corrected chi connectivity index (χ2v) is 10.4. The number of nitrogens with zero attached hydrogens (tertiary/aromatic N) is 4. The summed E-state index contributed by atoms with van der Waals surface area (Å²) < 4.78 is 65.5. The molecular weight excluding hydrogens is 495 g/mol. The number of benzene rings is 2. The molecular formula is C24H26F3N5O3S. The lowest BCUT2D eigenvalue weighted by Gasteiger charge is -2.17. The molecule has 0 aliphatic rings. The van der Waals surface area contributed by atoms with Crippen LogP contribution in [0.3, 0.4) is 0 Å². The Morgan fingerprint density at radius 2 is 1.69 bits per heavy atom. The number of aryl methyl sites for hydroxylation is 2. The van der Waals surface area contributed by atoms with Gasteiger partial charge in [-0.15, -0.1) is 0 Å². The predicted molar refractivity (Wildman–Crippen MR) is 132 cm³/mol. The minimum Gasteiger partial charge on any atom is -0.345 e. The van der Waals surface area contributed by atoms with E-state index in [1.54, 1.807) is 62.6 Å². The Kier molecular flexibility index (Phi) is 7.87. The van der Waals surface area contributed by atoms with Crippen molar-refractivity contribution in [2.45, 2.75) is 19.0 Å². The second-order valence-electron chi connectivity index (χ2n) is 8.35. The minimum absolute atomic E-state index is 0.0183. The summed E-state index contributed by atoms with van der Waals surface area (Å²) in [6, 6.07) is 13.0. The normalized spacial score (nSPS) is 11.8. The zero-order valence-electron chi connectivity index (χ0n) is 20.2. The van der Waals surface area contributed by atoms with Crippen LogP contribution in [0.25, 0.3) is 0 Å². The van der Waals surface area contributed by atoms with Gasteiger partial charge in [0.05, 0.1) is 23.2 Å². The van der Waals surface area contributed by atoms with Gasteiger partial charge in [0.25, 0.3) is 5.91 Å². The number of anilines is 3. The highest BCUT2D eigenvalue weighted by molar-refractivity contribution is 7.92. The Morgan fingerprint density at radius 1 is 1.03 bits per heavy atom. The molecule has 1 aromatic heterocycles. The Bertz CT molecular complexity index is 1340. The monoisotopic (exact) mass is 521 g/mol. The number of hydrogen-bond acceptors (Lipinski definition) is 6. The number of hydrogen-bond donors (Lipinski definition) is 1. The molecule has 0 saturated heterocycles. The van der Waals surface area contributed by atoms with E-state index in [4.69, 9.17) is 0 Å². The molecule has 3 rings (SSSR count). The fraction of sp³-hybridized carbons (Fsp3) is 0.292. The molecule has 36 heavy (non-hydrogen) atoms. The van der Waals surface area contributed by atoms with E-state index in [2.05, 4.69) is 15.3 Å². The molecule has 12 heteroatoms. The number of aromatic nitrogens is 2. The molecule has 0 spiro atoms. The van der Waals surface area contributed by atoms with Gasteiger partial charge >= 0.3 is 6.18 Å². The van der Waals surface area contributed by atoms with Crippen LogP contribution in [0.1, 0.15) is 27.2 Å². The number of carbonyl (C=O) groups excluding carboxylic acids is 1. The van der Waals surface area contributed by atoms with Crippen LogP contribution in [0.4, 0.5) is 30.5 Å². The summed E-state index contributed by atoms with van der Waals surface area (Å²) in [5, 5.41) is 2.87. The van der Waals surface area contributed by atoms with Gasteiger partial charge in [-0.3, -0.25) is 9.10 Å². The standard InChI is InChI=1S/C24H26F3N5O3S/c1-31(2)22(33)17-9-11-18(12-10-17)29-23-28-15-20(24(25,26)27)21(30-23)13-8-16-6-5-7-19(14-16)32(3)36(4,34)35/h5-7,9-12,14-15H,8,13H2,1-4H3,(H,28,29,30). The maximum absolute atomic E-state index is 13.6. The summed E-state index contributed by atoms with van der Waals surface area (Å²) in [4.78, 5) is 21.4. The first-order valence-corrected chi connectivity index (χ1v) is 12.6. The van der Waals surface area contributed by atoms with Crippen molar-refractivity contribution in [2.24, 2.45) is 0 Å². The molecule has 1 heterocycles. The van der Waals surface area contributed by atoms with Gasteiger partial charge in [-0.25, -0.2) is 18.4 Å². The number of alkyl halides is 3. The fourth-order valence-corrected chi connectivity index (χ4v) is 3.85. The number of sulfonamides is 1. The average Bonchev–Trinajstić information content (AvgIpc) is 2.81. The van der Waals surface area contributed by atoms with E-state index < -0.39 is 21.8 Å². The molecule has 2 aromatic carbocycles. The average molecular weight is 522 g/mol. The van der Waals surface area contributed by atoms with E-state index in [1.165, 1.54) is 11.9 Å². The third-order valence-electron chi connectivity index (χ3n) is 5.39. The maximum Gasteiger partial charge on any atom is 0.419 e. The van der Waals surface area contributed by atoms with Crippen LogP contribution in [0.15, 0.2) is 54.7 Å². The van der Waals surface area contributed by atoms with Gasteiger partial charge in [0.2, 0.25) is 16.0 Å². The van der Waals surface area contributed by atoms with Crippen molar-refractivity contribution in [2.75, 3.05) is 37.0 Å². The molecule has 0 radical (unpaired) electrons. The number of halogens is 3. The predicted octanol–water partition coefficient (Wildman–Crippen LogP) is 4.12. The van der Waals surface area contributed by atoms with Gasteiger partial charge in [0.1, 0.15) is 0 Å². The van der Waals surface area contributed by atoms with Crippen molar-refractivity contribution >= 4 is 33.3 Å². The van der Waals surface area contributed by atoms with Crippen molar-refractivity contribution in [3.05, 3.63) is 77.1 Å². The number of rotatable bonds is 8. The third kappa shape index (κ3) is 6.72. The van der Waals surface area contributed by atoms with Crippen molar-refractivity contribution < 1.29 is 26.4 Å². The summed E-state index contributed by atoms with van der Waals surface area (Å²) >= 11 is 0. The summed E-state index contributed by atoms with van der Waals surface area (Å²) in [6.45, 7) is 0. The molecule has 3 aromatic rings. The zero-order chi connectivity index (χ0) is 26.7. The maximum atomic E-state index is 13.6. The lowest BCUT2D eigenvalue weighted by atomic mass is 10.0. The van der Waals surface area contributed by atoms with Gasteiger partial charge in [-0.1, -0.05) is 12.1 Å². The quantitative estimate of drug-likeness (QED) is 0.479. The molecule has 1 N–H and O–H groups in total. The molecule has 0 saturated carbocycles. The molecule has 8 nitrogen and oxygen atoms in total. The molecule has 0 bridgehead atoms.